The maximum Gasteiger partial charge on any atom is 0.0726 e. The summed E-state index contributed by atoms with van der Waals surface area (Å²) in [7, 11) is 0. The smallest absolute Gasteiger partial charge is 0.0726 e. The molecule has 3 rings (SSSR count). The first-order chi connectivity index (χ1) is 8.88. The molecule has 18 heavy (non-hydrogen) atoms. The molecule has 1 aromatic heterocycles. The van der Waals surface area contributed by atoms with E-state index < -0.39 is 0 Å². The van der Waals surface area contributed by atoms with Gasteiger partial charge in [0.1, 0.15) is 0 Å². The zero-order valence-corrected chi connectivity index (χ0v) is 10.3. The van der Waals surface area contributed by atoms with Crippen molar-refractivity contribution < 1.29 is 4.74 Å². The first-order valence-corrected chi connectivity index (χ1v) is 6.30. The van der Waals surface area contributed by atoms with E-state index in [0.717, 1.165) is 37.5 Å². The van der Waals surface area contributed by atoms with Gasteiger partial charge in [0.15, 0.2) is 0 Å². The topological polar surface area (TPSA) is 51.4 Å². The predicted octanol–water partition coefficient (Wildman–Crippen LogP) is 1.53. The molecule has 2 heterocycles. The minimum Gasteiger partial charge on any atom is -0.378 e. The van der Waals surface area contributed by atoms with Crippen LogP contribution in [0, 0.1) is 0 Å². The lowest BCUT2D eigenvalue weighted by Gasteiger charge is -2.30. The van der Waals surface area contributed by atoms with Crippen molar-refractivity contribution in [3.05, 3.63) is 36.0 Å². The van der Waals surface area contributed by atoms with Crippen LogP contribution in [-0.4, -0.2) is 31.3 Å². The fourth-order valence-corrected chi connectivity index (χ4v) is 2.38. The number of ether oxygens (including phenoxy) is 1. The summed E-state index contributed by atoms with van der Waals surface area (Å²) in [6, 6.07) is 10.3. The summed E-state index contributed by atoms with van der Waals surface area (Å²) >= 11 is 0. The fourth-order valence-electron chi connectivity index (χ4n) is 2.38. The molecule has 0 radical (unpaired) electrons. The van der Waals surface area contributed by atoms with Crippen molar-refractivity contribution >= 4 is 16.6 Å². The van der Waals surface area contributed by atoms with Crippen molar-refractivity contribution in [2.45, 2.75) is 6.54 Å². The van der Waals surface area contributed by atoms with Gasteiger partial charge in [0.25, 0.3) is 0 Å². The van der Waals surface area contributed by atoms with Crippen molar-refractivity contribution in [2.75, 3.05) is 31.2 Å². The van der Waals surface area contributed by atoms with Gasteiger partial charge in [-0.3, -0.25) is 4.98 Å². The summed E-state index contributed by atoms with van der Waals surface area (Å²) in [5.74, 6) is 0. The lowest BCUT2D eigenvalue weighted by atomic mass is 10.1. The second kappa shape index (κ2) is 4.92. The summed E-state index contributed by atoms with van der Waals surface area (Å²) in [5, 5.41) is 1.19. The summed E-state index contributed by atoms with van der Waals surface area (Å²) in [4.78, 5) is 6.92. The first-order valence-electron chi connectivity index (χ1n) is 6.30. The average Bonchev–Trinajstić information content (AvgIpc) is 2.47. The number of morpholine rings is 1. The van der Waals surface area contributed by atoms with Crippen LogP contribution in [0.4, 0.5) is 5.69 Å². The van der Waals surface area contributed by atoms with Crippen LogP contribution in [-0.2, 0) is 11.3 Å². The van der Waals surface area contributed by atoms with Gasteiger partial charge in [-0.05, 0) is 12.1 Å². The largest absolute Gasteiger partial charge is 0.378 e. The van der Waals surface area contributed by atoms with Gasteiger partial charge in [-0.25, -0.2) is 0 Å². The number of rotatable bonds is 2. The zero-order chi connectivity index (χ0) is 12.4. The molecule has 1 saturated heterocycles. The number of aromatic nitrogens is 1. The number of hydrogen-bond donors (Lipinski definition) is 1. The Hall–Kier alpha value is -1.65. The van der Waals surface area contributed by atoms with Crippen molar-refractivity contribution in [3.63, 3.8) is 0 Å². The van der Waals surface area contributed by atoms with E-state index in [-0.39, 0.29) is 0 Å². The van der Waals surface area contributed by atoms with Gasteiger partial charge in [-0.2, -0.15) is 0 Å². The molecule has 0 aliphatic carbocycles. The molecule has 2 N–H and O–H groups in total. The Balaban J connectivity index is 2.12. The van der Waals surface area contributed by atoms with Crippen LogP contribution in [0.25, 0.3) is 10.9 Å². The second-order valence-corrected chi connectivity index (χ2v) is 4.45. The van der Waals surface area contributed by atoms with E-state index in [2.05, 4.69) is 28.1 Å². The molecule has 2 aromatic rings. The quantitative estimate of drug-likeness (QED) is 0.869. The Kier molecular flexibility index (Phi) is 3.13. The minimum absolute atomic E-state index is 0.474. The van der Waals surface area contributed by atoms with Gasteiger partial charge in [-0.1, -0.05) is 18.2 Å². The number of pyridine rings is 1. The Bertz CT molecular complexity index is 550. The highest BCUT2D eigenvalue weighted by Gasteiger charge is 2.15. The summed E-state index contributed by atoms with van der Waals surface area (Å²) in [5.41, 5.74) is 8.92. The standard InChI is InChI=1S/C14H17N3O/c15-10-11-9-14(17-5-7-18-8-6-17)12-3-1-2-4-13(12)16-11/h1-4,9H,5-8,10,15H2. The Morgan fingerprint density at radius 3 is 2.78 bits per heavy atom. The van der Waals surface area contributed by atoms with Gasteiger partial charge in [0.2, 0.25) is 0 Å². The first kappa shape index (κ1) is 11.4. The van der Waals surface area contributed by atoms with Gasteiger partial charge in [0, 0.05) is 30.7 Å². The predicted molar refractivity (Wildman–Crippen MR) is 72.7 cm³/mol. The van der Waals surface area contributed by atoms with E-state index in [1.807, 2.05) is 12.1 Å². The summed E-state index contributed by atoms with van der Waals surface area (Å²) in [6.07, 6.45) is 0. The highest BCUT2D eigenvalue weighted by atomic mass is 16.5. The van der Waals surface area contributed by atoms with Crippen LogP contribution >= 0.6 is 0 Å². The molecule has 1 aliphatic heterocycles. The second-order valence-electron chi connectivity index (χ2n) is 4.45. The Morgan fingerprint density at radius 1 is 1.22 bits per heavy atom. The lowest BCUT2D eigenvalue weighted by molar-refractivity contribution is 0.123. The van der Waals surface area contributed by atoms with Crippen LogP contribution in [0.1, 0.15) is 5.69 Å². The number of benzene rings is 1. The number of anilines is 1. The summed E-state index contributed by atoms with van der Waals surface area (Å²) < 4.78 is 5.41. The Labute approximate surface area is 106 Å². The van der Waals surface area contributed by atoms with Gasteiger partial charge < -0.3 is 15.4 Å². The number of para-hydroxylation sites is 1. The lowest BCUT2D eigenvalue weighted by Crippen LogP contribution is -2.36. The number of hydrogen-bond acceptors (Lipinski definition) is 4. The minimum atomic E-state index is 0.474. The molecule has 1 aliphatic rings. The van der Waals surface area contributed by atoms with Crippen molar-refractivity contribution in [3.8, 4) is 0 Å². The highest BCUT2D eigenvalue weighted by Crippen LogP contribution is 2.27. The van der Waals surface area contributed by atoms with Crippen LogP contribution in [0.2, 0.25) is 0 Å². The van der Waals surface area contributed by atoms with Crippen molar-refractivity contribution in [1.82, 2.24) is 4.98 Å². The van der Waals surface area contributed by atoms with Gasteiger partial charge in [0.05, 0.1) is 24.4 Å². The van der Waals surface area contributed by atoms with Crippen LogP contribution in [0.3, 0.4) is 0 Å². The normalized spacial score (nSPS) is 16.2. The van der Waals surface area contributed by atoms with Gasteiger partial charge in [-0.15, -0.1) is 0 Å². The molecule has 1 fully saturated rings. The average molecular weight is 243 g/mol. The molecule has 0 unspecified atom stereocenters. The molecule has 0 spiro atoms. The molecule has 1 aromatic carbocycles. The van der Waals surface area contributed by atoms with Gasteiger partial charge >= 0.3 is 0 Å². The Morgan fingerprint density at radius 2 is 2.00 bits per heavy atom. The maximum absolute atomic E-state index is 5.73. The number of nitrogens with two attached hydrogens (primary N) is 1. The third-order valence-corrected chi connectivity index (χ3v) is 3.31. The van der Waals surface area contributed by atoms with E-state index in [1.54, 1.807) is 0 Å². The maximum atomic E-state index is 5.73. The van der Waals surface area contributed by atoms with E-state index in [4.69, 9.17) is 10.5 Å². The third kappa shape index (κ3) is 2.05. The molecule has 0 amide bonds. The fraction of sp³-hybridized carbons (Fsp3) is 0.357. The van der Waals surface area contributed by atoms with Crippen molar-refractivity contribution in [1.29, 1.82) is 0 Å². The highest BCUT2D eigenvalue weighted by molar-refractivity contribution is 5.92. The SMILES string of the molecule is NCc1cc(N2CCOCC2)c2ccccc2n1. The molecule has 0 saturated carbocycles. The van der Waals surface area contributed by atoms with Crippen LogP contribution < -0.4 is 10.6 Å². The molecule has 0 bridgehead atoms. The van der Waals surface area contributed by atoms with E-state index in [0.29, 0.717) is 6.54 Å². The zero-order valence-electron chi connectivity index (χ0n) is 10.3. The van der Waals surface area contributed by atoms with Crippen LogP contribution in [0.5, 0.6) is 0 Å². The van der Waals surface area contributed by atoms with E-state index in [9.17, 15) is 0 Å². The molecular formula is C14H17N3O. The molecule has 94 valence electrons. The third-order valence-electron chi connectivity index (χ3n) is 3.31. The van der Waals surface area contributed by atoms with Crippen molar-refractivity contribution in [2.24, 2.45) is 5.73 Å². The van der Waals surface area contributed by atoms with E-state index >= 15 is 0 Å². The summed E-state index contributed by atoms with van der Waals surface area (Å²) in [6.45, 7) is 3.90. The molecule has 4 heteroatoms. The van der Waals surface area contributed by atoms with E-state index in [1.165, 1.54) is 11.1 Å². The monoisotopic (exact) mass is 243 g/mol. The van der Waals surface area contributed by atoms with Crippen LogP contribution in [0.15, 0.2) is 30.3 Å². The molecular weight excluding hydrogens is 226 g/mol. The molecule has 4 nitrogen and oxygen atoms in total. The number of nitrogens with zero attached hydrogens (tertiary/aromatic N) is 2. The number of fused-ring (bicyclic) bond motifs is 1. The molecule has 0 atom stereocenters.